The Morgan fingerprint density at radius 1 is 0.500 bits per heavy atom. The number of ether oxygens (including phenoxy) is 3. The van der Waals surface area contributed by atoms with Crippen LogP contribution in [0.25, 0.3) is 0 Å². The first kappa shape index (κ1) is 55.8. The molecule has 2 atom stereocenters. The quantitative estimate of drug-likeness (QED) is 0.0279. The Labute approximate surface area is 345 Å². The lowest BCUT2D eigenvalue weighted by atomic mass is 10.0. The summed E-state index contributed by atoms with van der Waals surface area (Å²) in [5.41, 5.74) is -0.0885. The standard InChI is InChI=1S/C37H74O2.C11H25NO2S/c1-3-5-7-9-11-13-15-17-19-21-23-25-27-29-31-33-35-37(39-36-38)34-32-30-28-26-24-22-20-18-16-14-12-10-8-6-4-2;1-10(2,3)13-8-6-11(4,15)14-9-7-12-5/h36-37H,3-35H2,1-2H3;12,15H,6-9H2,1-5H3. The van der Waals surface area contributed by atoms with Crippen LogP contribution in [0.1, 0.15) is 260 Å². The molecule has 0 saturated carbocycles. The van der Waals surface area contributed by atoms with Gasteiger partial charge in [-0.1, -0.05) is 200 Å². The van der Waals surface area contributed by atoms with E-state index in [0.29, 0.717) is 19.7 Å². The number of nitrogens with one attached hydrogen (secondary N) is 1. The second kappa shape index (κ2) is 43.8. The molecule has 0 spiro atoms. The second-order valence-corrected chi connectivity index (χ2v) is 18.5. The van der Waals surface area contributed by atoms with Gasteiger partial charge < -0.3 is 19.5 Å². The van der Waals surface area contributed by atoms with Crippen LogP contribution < -0.4 is 5.32 Å². The third-order valence-corrected chi connectivity index (χ3v) is 11.0. The zero-order chi connectivity index (χ0) is 40.3. The molecule has 0 fully saturated rings. The van der Waals surface area contributed by atoms with E-state index in [1.54, 1.807) is 0 Å². The number of hydrogen-bond donors (Lipinski definition) is 2. The zero-order valence-corrected chi connectivity index (χ0v) is 38.8. The molecule has 1 N–H and O–H groups in total. The van der Waals surface area contributed by atoms with Crippen molar-refractivity contribution in [1.82, 2.24) is 5.32 Å². The van der Waals surface area contributed by atoms with E-state index in [4.69, 9.17) is 14.2 Å². The van der Waals surface area contributed by atoms with Crippen LogP contribution in [0.15, 0.2) is 0 Å². The van der Waals surface area contributed by atoms with Gasteiger partial charge >= 0.3 is 0 Å². The Balaban J connectivity index is 0. The number of carbonyl (C=O) groups excluding carboxylic acids is 1. The molecular formula is C48H99NO4S. The van der Waals surface area contributed by atoms with E-state index in [2.05, 4.69) is 31.8 Å². The van der Waals surface area contributed by atoms with Gasteiger partial charge in [0, 0.05) is 13.0 Å². The van der Waals surface area contributed by atoms with E-state index >= 15 is 0 Å². The van der Waals surface area contributed by atoms with Crippen molar-refractivity contribution < 1.29 is 19.0 Å². The topological polar surface area (TPSA) is 56.8 Å². The average Bonchev–Trinajstić information content (AvgIpc) is 3.12. The van der Waals surface area contributed by atoms with E-state index in [1.165, 1.54) is 199 Å². The van der Waals surface area contributed by atoms with Gasteiger partial charge in [-0.2, -0.15) is 0 Å². The highest BCUT2D eigenvalue weighted by Gasteiger charge is 2.21. The summed E-state index contributed by atoms with van der Waals surface area (Å²) in [4.78, 5) is 10.5. The summed E-state index contributed by atoms with van der Waals surface area (Å²) >= 11 is 4.46. The highest BCUT2D eigenvalue weighted by Crippen LogP contribution is 2.22. The van der Waals surface area contributed by atoms with E-state index in [1.807, 2.05) is 34.7 Å². The smallest absolute Gasteiger partial charge is 0.293 e. The third kappa shape index (κ3) is 49.7. The summed E-state index contributed by atoms with van der Waals surface area (Å²) in [6.07, 6.45) is 46.5. The maximum Gasteiger partial charge on any atom is 0.293 e. The van der Waals surface area contributed by atoms with E-state index < -0.39 is 4.93 Å². The fraction of sp³-hybridized carbons (Fsp3) is 0.979. The van der Waals surface area contributed by atoms with Crippen LogP contribution in [-0.4, -0.2) is 49.9 Å². The molecule has 0 aromatic carbocycles. The predicted octanol–water partition coefficient (Wildman–Crippen LogP) is 15.5. The Morgan fingerprint density at radius 3 is 1.09 bits per heavy atom. The largest absolute Gasteiger partial charge is 0.465 e. The maximum absolute atomic E-state index is 10.9. The van der Waals surface area contributed by atoms with Crippen molar-refractivity contribution in [3.8, 4) is 0 Å². The summed E-state index contributed by atoms with van der Waals surface area (Å²) < 4.78 is 16.6. The summed E-state index contributed by atoms with van der Waals surface area (Å²) in [6, 6.07) is 0. The molecule has 0 aliphatic rings. The van der Waals surface area contributed by atoms with E-state index in [-0.39, 0.29) is 11.7 Å². The van der Waals surface area contributed by atoms with Crippen LogP contribution in [0.3, 0.4) is 0 Å². The highest BCUT2D eigenvalue weighted by molar-refractivity contribution is 7.81. The SMILES string of the molecule is CCCCCCCCCCCCCCCCCCC(CCCCCCCCCCCCCCCCC)OC=O.CNCCOC(C)(S)CCOC(C)(C)C. The molecule has 0 saturated heterocycles. The van der Waals surface area contributed by atoms with Gasteiger partial charge in [0.2, 0.25) is 0 Å². The van der Waals surface area contributed by atoms with Crippen molar-refractivity contribution in [2.24, 2.45) is 0 Å². The summed E-state index contributed by atoms with van der Waals surface area (Å²) in [5, 5.41) is 3.03. The maximum atomic E-state index is 10.9. The van der Waals surface area contributed by atoms with Gasteiger partial charge in [0.1, 0.15) is 11.0 Å². The van der Waals surface area contributed by atoms with Gasteiger partial charge in [0.25, 0.3) is 6.47 Å². The van der Waals surface area contributed by atoms with E-state index in [0.717, 1.165) is 25.8 Å². The summed E-state index contributed by atoms with van der Waals surface area (Å²) in [6.45, 7) is 15.6. The predicted molar refractivity (Wildman–Crippen MR) is 242 cm³/mol. The first-order chi connectivity index (χ1) is 26.1. The van der Waals surface area contributed by atoms with Crippen molar-refractivity contribution in [1.29, 1.82) is 0 Å². The number of thiol groups is 1. The fourth-order valence-electron chi connectivity index (χ4n) is 7.01. The molecule has 0 aromatic heterocycles. The van der Waals surface area contributed by atoms with Gasteiger partial charge in [-0.3, -0.25) is 4.79 Å². The van der Waals surface area contributed by atoms with Crippen molar-refractivity contribution in [3.63, 3.8) is 0 Å². The minimum Gasteiger partial charge on any atom is -0.465 e. The summed E-state index contributed by atoms with van der Waals surface area (Å²) in [5.74, 6) is 0. The van der Waals surface area contributed by atoms with Crippen LogP contribution in [0.5, 0.6) is 0 Å². The molecule has 326 valence electrons. The first-order valence-electron chi connectivity index (χ1n) is 23.9. The summed E-state index contributed by atoms with van der Waals surface area (Å²) in [7, 11) is 1.90. The van der Waals surface area contributed by atoms with E-state index in [9.17, 15) is 4.79 Å². The molecule has 0 radical (unpaired) electrons. The molecule has 6 heteroatoms. The van der Waals surface area contributed by atoms with Gasteiger partial charge in [0.15, 0.2) is 0 Å². The van der Waals surface area contributed by atoms with Gasteiger partial charge in [-0.25, -0.2) is 0 Å². The normalized spacial score (nSPS) is 13.3. The van der Waals surface area contributed by atoms with Crippen LogP contribution in [0, 0.1) is 0 Å². The third-order valence-electron chi connectivity index (χ3n) is 10.6. The number of hydrogen-bond acceptors (Lipinski definition) is 6. The zero-order valence-electron chi connectivity index (χ0n) is 37.9. The average molecular weight is 786 g/mol. The lowest BCUT2D eigenvalue weighted by Gasteiger charge is -2.27. The van der Waals surface area contributed by atoms with Gasteiger partial charge in [0.05, 0.1) is 18.8 Å². The Kier molecular flexibility index (Phi) is 45.3. The van der Waals surface area contributed by atoms with Gasteiger partial charge in [-0.15, -0.1) is 12.6 Å². The molecule has 54 heavy (non-hydrogen) atoms. The van der Waals surface area contributed by atoms with Crippen LogP contribution in [0.2, 0.25) is 0 Å². The molecule has 0 amide bonds. The van der Waals surface area contributed by atoms with Crippen LogP contribution >= 0.6 is 12.6 Å². The monoisotopic (exact) mass is 786 g/mol. The molecule has 0 heterocycles. The molecule has 5 nitrogen and oxygen atoms in total. The molecule has 2 unspecified atom stereocenters. The number of unbranched alkanes of at least 4 members (excludes halogenated alkanes) is 29. The number of likely N-dealkylation sites (N-methyl/N-ethyl adjacent to an activating group) is 1. The Hall–Kier alpha value is -0.300. The van der Waals surface area contributed by atoms with Gasteiger partial charge in [-0.05, 0) is 60.4 Å². The molecule has 0 aromatic rings. The first-order valence-corrected chi connectivity index (χ1v) is 24.3. The molecule has 0 rings (SSSR count). The number of rotatable bonds is 42. The second-order valence-electron chi connectivity index (χ2n) is 17.5. The van der Waals surface area contributed by atoms with Crippen molar-refractivity contribution in [2.75, 3.05) is 26.8 Å². The van der Waals surface area contributed by atoms with Crippen molar-refractivity contribution >= 4 is 19.1 Å². The lowest BCUT2D eigenvalue weighted by molar-refractivity contribution is -0.134. The van der Waals surface area contributed by atoms with Crippen molar-refractivity contribution in [2.45, 2.75) is 276 Å². The fourth-order valence-corrected chi connectivity index (χ4v) is 7.20. The number of carbonyl (C=O) groups is 1. The molecule has 0 aliphatic heterocycles. The minimum absolute atomic E-state index is 0.0885. The molecule has 0 bridgehead atoms. The minimum atomic E-state index is -0.401. The molecule has 0 aliphatic carbocycles. The van der Waals surface area contributed by atoms with Crippen molar-refractivity contribution in [3.05, 3.63) is 0 Å². The highest BCUT2D eigenvalue weighted by atomic mass is 32.1. The molecular weight excluding hydrogens is 687 g/mol. The van der Waals surface area contributed by atoms with Crippen LogP contribution in [-0.2, 0) is 19.0 Å². The Bertz CT molecular complexity index is 713. The lowest BCUT2D eigenvalue weighted by Crippen LogP contribution is -2.29. The Morgan fingerprint density at radius 2 is 0.815 bits per heavy atom. The van der Waals surface area contributed by atoms with Crippen LogP contribution in [0.4, 0.5) is 0 Å².